The lowest BCUT2D eigenvalue weighted by molar-refractivity contribution is -0.159. The fourth-order valence-electron chi connectivity index (χ4n) is 3.28. The molecule has 1 aliphatic heterocycles. The molecule has 29 heavy (non-hydrogen) atoms. The first-order chi connectivity index (χ1) is 13.7. The number of amides is 1. The Morgan fingerprint density at radius 1 is 1.14 bits per heavy atom. The van der Waals surface area contributed by atoms with Crippen molar-refractivity contribution in [1.29, 1.82) is 0 Å². The second-order valence-corrected chi connectivity index (χ2v) is 9.38. The maximum Gasteiger partial charge on any atom is 0.329 e. The number of halogens is 1. The van der Waals surface area contributed by atoms with Crippen LogP contribution in [0, 0.1) is 3.57 Å². The van der Waals surface area contributed by atoms with E-state index in [0.717, 1.165) is 21.3 Å². The molecule has 2 aromatic rings. The van der Waals surface area contributed by atoms with Crippen LogP contribution in [0.5, 0.6) is 5.75 Å². The third-order valence-electron chi connectivity index (χ3n) is 4.59. The van der Waals surface area contributed by atoms with Crippen molar-refractivity contribution in [2.45, 2.75) is 51.9 Å². The van der Waals surface area contributed by atoms with E-state index in [1.54, 1.807) is 11.0 Å². The van der Waals surface area contributed by atoms with Gasteiger partial charge in [0.2, 0.25) is 0 Å². The molecule has 0 unspecified atom stereocenters. The lowest BCUT2D eigenvalue weighted by Gasteiger charge is -2.27. The second kappa shape index (κ2) is 9.15. The maximum absolute atomic E-state index is 13.1. The number of ether oxygens (including phenoxy) is 2. The molecule has 0 aliphatic carbocycles. The highest BCUT2D eigenvalue weighted by atomic mass is 127. The molecule has 3 rings (SSSR count). The van der Waals surface area contributed by atoms with E-state index in [0.29, 0.717) is 25.1 Å². The van der Waals surface area contributed by atoms with Crippen LogP contribution in [0.15, 0.2) is 48.5 Å². The Balaban J connectivity index is 1.68. The zero-order valence-electron chi connectivity index (χ0n) is 17.0. The Kier molecular flexibility index (Phi) is 6.82. The normalized spacial score (nSPS) is 16.6. The van der Waals surface area contributed by atoms with Gasteiger partial charge in [0.25, 0.3) is 5.91 Å². The molecule has 1 saturated heterocycles. The molecule has 0 aromatic heterocycles. The molecule has 154 valence electrons. The molecule has 5 nitrogen and oxygen atoms in total. The number of hydrogen-bond donors (Lipinski definition) is 0. The third kappa shape index (κ3) is 5.95. The van der Waals surface area contributed by atoms with Crippen LogP contribution < -0.4 is 4.74 Å². The summed E-state index contributed by atoms with van der Waals surface area (Å²) in [7, 11) is 0. The Bertz CT molecular complexity index is 873. The summed E-state index contributed by atoms with van der Waals surface area (Å²) in [5.74, 6) is 0.308. The van der Waals surface area contributed by atoms with Gasteiger partial charge in [0.1, 0.15) is 24.0 Å². The SMILES string of the molecule is CC(C)(C)OC(=O)[C@@H]1CCCN1C(=O)c1cccc(COc2ccc(I)cc2)c1. The summed E-state index contributed by atoms with van der Waals surface area (Å²) in [6, 6.07) is 14.7. The molecule has 2 aromatic carbocycles. The monoisotopic (exact) mass is 507 g/mol. The molecule has 0 radical (unpaired) electrons. The topological polar surface area (TPSA) is 55.8 Å². The Morgan fingerprint density at radius 3 is 2.55 bits per heavy atom. The van der Waals surface area contributed by atoms with Gasteiger partial charge in [0.15, 0.2) is 0 Å². The van der Waals surface area contributed by atoms with E-state index in [1.165, 1.54) is 0 Å². The first-order valence-electron chi connectivity index (χ1n) is 9.74. The Hall–Kier alpha value is -2.09. The van der Waals surface area contributed by atoms with Crippen molar-refractivity contribution in [2.75, 3.05) is 6.54 Å². The van der Waals surface area contributed by atoms with Crippen molar-refractivity contribution >= 4 is 34.5 Å². The first-order valence-corrected chi connectivity index (χ1v) is 10.8. The molecule has 0 N–H and O–H groups in total. The van der Waals surface area contributed by atoms with Gasteiger partial charge in [-0.25, -0.2) is 4.79 Å². The van der Waals surface area contributed by atoms with Gasteiger partial charge in [-0.05, 0) is 98.2 Å². The average molecular weight is 507 g/mol. The van der Waals surface area contributed by atoms with E-state index in [9.17, 15) is 9.59 Å². The van der Waals surface area contributed by atoms with Crippen LogP contribution in [0.25, 0.3) is 0 Å². The number of nitrogens with zero attached hydrogens (tertiary/aromatic N) is 1. The molecule has 0 bridgehead atoms. The quantitative estimate of drug-likeness (QED) is 0.431. The van der Waals surface area contributed by atoms with E-state index in [4.69, 9.17) is 9.47 Å². The van der Waals surface area contributed by atoms with E-state index >= 15 is 0 Å². The fraction of sp³-hybridized carbons (Fsp3) is 0.391. The van der Waals surface area contributed by atoms with Gasteiger partial charge in [0.05, 0.1) is 0 Å². The van der Waals surface area contributed by atoms with Crippen molar-refractivity contribution in [3.63, 3.8) is 0 Å². The second-order valence-electron chi connectivity index (χ2n) is 8.13. The number of rotatable bonds is 5. The third-order valence-corrected chi connectivity index (χ3v) is 5.30. The number of carbonyl (C=O) groups is 2. The van der Waals surface area contributed by atoms with Gasteiger partial charge in [-0.2, -0.15) is 0 Å². The van der Waals surface area contributed by atoms with Crippen LogP contribution in [0.3, 0.4) is 0 Å². The lowest BCUT2D eigenvalue weighted by Crippen LogP contribution is -2.43. The first kappa shape index (κ1) is 21.6. The molecule has 1 fully saturated rings. The highest BCUT2D eigenvalue weighted by Gasteiger charge is 2.37. The molecule has 1 amide bonds. The van der Waals surface area contributed by atoms with Crippen molar-refractivity contribution in [3.05, 3.63) is 63.2 Å². The van der Waals surface area contributed by atoms with Gasteiger partial charge < -0.3 is 14.4 Å². The molecule has 1 atom stereocenters. The minimum absolute atomic E-state index is 0.144. The van der Waals surface area contributed by atoms with Gasteiger partial charge in [0, 0.05) is 15.7 Å². The summed E-state index contributed by atoms with van der Waals surface area (Å²) < 4.78 is 12.5. The number of benzene rings is 2. The highest BCUT2D eigenvalue weighted by Crippen LogP contribution is 2.24. The van der Waals surface area contributed by atoms with Crippen molar-refractivity contribution in [2.24, 2.45) is 0 Å². The van der Waals surface area contributed by atoms with Gasteiger partial charge in [-0.3, -0.25) is 4.79 Å². The van der Waals surface area contributed by atoms with E-state index in [-0.39, 0.29) is 11.9 Å². The summed E-state index contributed by atoms with van der Waals surface area (Å²) >= 11 is 2.25. The van der Waals surface area contributed by atoms with Crippen LogP contribution in [-0.2, 0) is 16.1 Å². The van der Waals surface area contributed by atoms with Crippen LogP contribution >= 0.6 is 22.6 Å². The number of hydrogen-bond acceptors (Lipinski definition) is 4. The van der Waals surface area contributed by atoms with Crippen molar-refractivity contribution < 1.29 is 19.1 Å². The molecule has 0 saturated carbocycles. The van der Waals surface area contributed by atoms with Crippen LogP contribution in [0.4, 0.5) is 0 Å². The Morgan fingerprint density at radius 2 is 1.86 bits per heavy atom. The maximum atomic E-state index is 13.1. The zero-order chi connectivity index (χ0) is 21.0. The molecular formula is C23H26INO4. The highest BCUT2D eigenvalue weighted by molar-refractivity contribution is 14.1. The average Bonchev–Trinajstić information content (AvgIpc) is 3.16. The van der Waals surface area contributed by atoms with Crippen molar-refractivity contribution in [1.82, 2.24) is 4.90 Å². The summed E-state index contributed by atoms with van der Waals surface area (Å²) in [5, 5.41) is 0. The zero-order valence-corrected chi connectivity index (χ0v) is 19.1. The van der Waals surface area contributed by atoms with E-state index in [1.807, 2.05) is 63.2 Å². The lowest BCUT2D eigenvalue weighted by atomic mass is 10.1. The van der Waals surface area contributed by atoms with Crippen molar-refractivity contribution in [3.8, 4) is 5.75 Å². The number of carbonyl (C=O) groups excluding carboxylic acids is 2. The van der Waals surface area contributed by atoms with E-state index in [2.05, 4.69) is 22.6 Å². The van der Waals surface area contributed by atoms with Gasteiger partial charge in [-0.15, -0.1) is 0 Å². The molecular weight excluding hydrogens is 481 g/mol. The minimum Gasteiger partial charge on any atom is -0.489 e. The largest absolute Gasteiger partial charge is 0.489 e. The molecule has 1 aliphatic rings. The van der Waals surface area contributed by atoms with E-state index < -0.39 is 11.6 Å². The smallest absolute Gasteiger partial charge is 0.329 e. The summed E-state index contributed by atoms with van der Waals surface area (Å²) in [6.07, 6.45) is 1.43. The predicted molar refractivity (Wildman–Crippen MR) is 120 cm³/mol. The minimum atomic E-state index is -0.568. The predicted octanol–water partition coefficient (Wildman–Crippen LogP) is 4.82. The molecule has 0 spiro atoms. The molecule has 6 heteroatoms. The van der Waals surface area contributed by atoms with Crippen LogP contribution in [0.1, 0.15) is 49.5 Å². The fourth-order valence-corrected chi connectivity index (χ4v) is 3.64. The summed E-state index contributed by atoms with van der Waals surface area (Å²) in [4.78, 5) is 27.2. The van der Waals surface area contributed by atoms with Crippen LogP contribution in [-0.4, -0.2) is 35.0 Å². The Labute approximate surface area is 185 Å². The van der Waals surface area contributed by atoms with Crippen LogP contribution in [0.2, 0.25) is 0 Å². The van der Waals surface area contributed by atoms with Gasteiger partial charge in [-0.1, -0.05) is 12.1 Å². The number of esters is 1. The van der Waals surface area contributed by atoms with Gasteiger partial charge >= 0.3 is 5.97 Å². The summed E-state index contributed by atoms with van der Waals surface area (Å²) in [6.45, 7) is 6.44. The number of likely N-dealkylation sites (tertiary alicyclic amines) is 1. The summed E-state index contributed by atoms with van der Waals surface area (Å²) in [5.41, 5.74) is 0.896. The molecule has 1 heterocycles. The standard InChI is InChI=1S/C23H26INO4/c1-23(2,3)29-22(27)20-8-5-13-25(20)21(26)17-7-4-6-16(14-17)15-28-19-11-9-18(24)10-12-19/h4,6-7,9-12,14,20H,5,8,13,15H2,1-3H3/t20-/m0/s1.